The summed E-state index contributed by atoms with van der Waals surface area (Å²) in [6, 6.07) is 2.43. The predicted molar refractivity (Wildman–Crippen MR) is 78.5 cm³/mol. The summed E-state index contributed by atoms with van der Waals surface area (Å²) in [5.74, 6) is -0.0603. The summed E-state index contributed by atoms with van der Waals surface area (Å²) in [6.07, 6.45) is 2.93. The van der Waals surface area contributed by atoms with Gasteiger partial charge in [0.2, 0.25) is 0 Å². The topological polar surface area (TPSA) is 29.5 Å². The third kappa shape index (κ3) is 3.00. The Kier molecular flexibility index (Phi) is 4.99. The highest BCUT2D eigenvalue weighted by Gasteiger charge is 2.34. The fourth-order valence-corrected chi connectivity index (χ4v) is 3.85. The molecule has 1 aromatic heterocycles. The van der Waals surface area contributed by atoms with Gasteiger partial charge in [0.15, 0.2) is 0 Å². The molecule has 4 heteroatoms. The zero-order chi connectivity index (χ0) is 13.8. The number of thiophene rings is 1. The van der Waals surface area contributed by atoms with Crippen molar-refractivity contribution in [1.82, 2.24) is 4.90 Å². The molecule has 0 saturated carbocycles. The first-order valence-corrected chi connectivity index (χ1v) is 8.05. The van der Waals surface area contributed by atoms with Gasteiger partial charge < -0.3 is 4.74 Å². The largest absolute Gasteiger partial charge is 0.465 e. The number of rotatable bonds is 5. The molecule has 0 spiro atoms. The number of hydrogen-bond donors (Lipinski definition) is 0. The van der Waals surface area contributed by atoms with Crippen molar-refractivity contribution < 1.29 is 9.53 Å². The van der Waals surface area contributed by atoms with Crippen LogP contribution in [0.3, 0.4) is 0 Å². The molecule has 1 aromatic rings. The molecule has 1 aliphatic heterocycles. The maximum atomic E-state index is 12.2. The van der Waals surface area contributed by atoms with Crippen LogP contribution in [0.15, 0.2) is 11.4 Å². The molecule has 0 aromatic carbocycles. The van der Waals surface area contributed by atoms with Crippen molar-refractivity contribution in [2.75, 3.05) is 13.2 Å². The second-order valence-corrected chi connectivity index (χ2v) is 6.02. The van der Waals surface area contributed by atoms with E-state index in [1.54, 1.807) is 0 Å². The van der Waals surface area contributed by atoms with E-state index in [1.807, 2.05) is 18.3 Å². The van der Waals surface area contributed by atoms with E-state index in [0.29, 0.717) is 12.6 Å². The smallest absolute Gasteiger partial charge is 0.323 e. The van der Waals surface area contributed by atoms with Crippen LogP contribution in [-0.2, 0) is 16.0 Å². The molecule has 0 radical (unpaired) electrons. The number of ether oxygens (including phenoxy) is 1. The molecule has 1 aliphatic rings. The second-order valence-electron chi connectivity index (χ2n) is 5.02. The summed E-state index contributed by atoms with van der Waals surface area (Å²) in [5.41, 5.74) is 1.39. The van der Waals surface area contributed by atoms with E-state index < -0.39 is 0 Å². The van der Waals surface area contributed by atoms with Crippen molar-refractivity contribution >= 4 is 17.3 Å². The standard InChI is InChI=1S/C15H23NO2S/c1-4-6-13(15(17)18-5-2)16-9-7-14-12(11(16)3)8-10-19-14/h8,10-11,13H,4-7,9H2,1-3H3. The van der Waals surface area contributed by atoms with Crippen molar-refractivity contribution in [1.29, 1.82) is 0 Å². The minimum atomic E-state index is -0.0898. The van der Waals surface area contributed by atoms with Gasteiger partial charge in [0, 0.05) is 17.5 Å². The van der Waals surface area contributed by atoms with Gasteiger partial charge in [-0.25, -0.2) is 0 Å². The van der Waals surface area contributed by atoms with Crippen molar-refractivity contribution in [3.63, 3.8) is 0 Å². The Morgan fingerprint density at radius 1 is 1.58 bits per heavy atom. The van der Waals surface area contributed by atoms with Crippen LogP contribution in [0.5, 0.6) is 0 Å². The quantitative estimate of drug-likeness (QED) is 0.775. The minimum Gasteiger partial charge on any atom is -0.465 e. The maximum Gasteiger partial charge on any atom is 0.323 e. The molecule has 0 amide bonds. The van der Waals surface area contributed by atoms with Crippen molar-refractivity contribution in [3.8, 4) is 0 Å². The number of carbonyl (C=O) groups is 1. The van der Waals surface area contributed by atoms with Crippen LogP contribution in [0.2, 0.25) is 0 Å². The van der Waals surface area contributed by atoms with E-state index in [9.17, 15) is 4.79 Å². The van der Waals surface area contributed by atoms with Gasteiger partial charge in [-0.3, -0.25) is 9.69 Å². The molecule has 2 atom stereocenters. The molecule has 2 rings (SSSR count). The lowest BCUT2D eigenvalue weighted by Crippen LogP contribution is -2.46. The number of hydrogen-bond acceptors (Lipinski definition) is 4. The zero-order valence-electron chi connectivity index (χ0n) is 12.0. The lowest BCUT2D eigenvalue weighted by Gasteiger charge is -2.38. The minimum absolute atomic E-state index is 0.0603. The van der Waals surface area contributed by atoms with Gasteiger partial charge >= 0.3 is 5.97 Å². The lowest BCUT2D eigenvalue weighted by molar-refractivity contribution is -0.151. The fourth-order valence-electron chi connectivity index (χ4n) is 2.89. The number of esters is 1. The van der Waals surface area contributed by atoms with Crippen molar-refractivity contribution in [3.05, 3.63) is 21.9 Å². The van der Waals surface area contributed by atoms with Gasteiger partial charge in [-0.2, -0.15) is 0 Å². The first-order chi connectivity index (χ1) is 9.19. The van der Waals surface area contributed by atoms with E-state index in [4.69, 9.17) is 4.74 Å². The Labute approximate surface area is 119 Å². The Morgan fingerprint density at radius 2 is 2.37 bits per heavy atom. The number of carbonyl (C=O) groups excluding carboxylic acids is 1. The third-order valence-electron chi connectivity index (χ3n) is 3.85. The van der Waals surface area contributed by atoms with Gasteiger partial charge in [-0.05, 0) is 43.7 Å². The maximum absolute atomic E-state index is 12.2. The van der Waals surface area contributed by atoms with Gasteiger partial charge in [-0.15, -0.1) is 11.3 Å². The van der Waals surface area contributed by atoms with Crippen molar-refractivity contribution in [2.45, 2.75) is 52.1 Å². The van der Waals surface area contributed by atoms with Crippen LogP contribution in [0.25, 0.3) is 0 Å². The molecule has 2 unspecified atom stereocenters. The molecule has 0 saturated heterocycles. The van der Waals surface area contributed by atoms with E-state index in [-0.39, 0.29) is 12.0 Å². The van der Waals surface area contributed by atoms with E-state index in [1.165, 1.54) is 10.4 Å². The van der Waals surface area contributed by atoms with Crippen LogP contribution >= 0.6 is 11.3 Å². The van der Waals surface area contributed by atoms with Crippen LogP contribution < -0.4 is 0 Å². The summed E-state index contributed by atoms with van der Waals surface area (Å²) < 4.78 is 5.25. The third-order valence-corrected chi connectivity index (χ3v) is 4.84. The molecular weight excluding hydrogens is 258 g/mol. The van der Waals surface area contributed by atoms with Crippen LogP contribution in [0.1, 0.15) is 50.1 Å². The van der Waals surface area contributed by atoms with Gasteiger partial charge in [0.25, 0.3) is 0 Å². The van der Waals surface area contributed by atoms with Crippen LogP contribution in [-0.4, -0.2) is 30.1 Å². The summed E-state index contributed by atoms with van der Waals surface area (Å²) in [6.45, 7) is 7.62. The highest BCUT2D eigenvalue weighted by atomic mass is 32.1. The zero-order valence-corrected chi connectivity index (χ0v) is 12.8. The van der Waals surface area contributed by atoms with Crippen LogP contribution in [0.4, 0.5) is 0 Å². The molecule has 3 nitrogen and oxygen atoms in total. The van der Waals surface area contributed by atoms with E-state index in [0.717, 1.165) is 25.8 Å². The highest BCUT2D eigenvalue weighted by Crippen LogP contribution is 2.35. The summed E-state index contributed by atoms with van der Waals surface area (Å²) in [4.78, 5) is 16.0. The Bertz CT molecular complexity index is 430. The predicted octanol–water partition coefficient (Wildman–Crippen LogP) is 3.40. The Morgan fingerprint density at radius 3 is 3.05 bits per heavy atom. The summed E-state index contributed by atoms with van der Waals surface area (Å²) in [7, 11) is 0. The highest BCUT2D eigenvalue weighted by molar-refractivity contribution is 7.10. The van der Waals surface area contributed by atoms with Gasteiger partial charge in [0.1, 0.15) is 6.04 Å². The van der Waals surface area contributed by atoms with Crippen LogP contribution in [0, 0.1) is 0 Å². The Hall–Kier alpha value is -0.870. The fraction of sp³-hybridized carbons (Fsp3) is 0.667. The number of nitrogens with zero attached hydrogens (tertiary/aromatic N) is 1. The average Bonchev–Trinajstić information content (AvgIpc) is 2.86. The van der Waals surface area contributed by atoms with Gasteiger partial charge in [0.05, 0.1) is 6.61 Å². The van der Waals surface area contributed by atoms with Crippen molar-refractivity contribution in [2.24, 2.45) is 0 Å². The molecule has 2 heterocycles. The number of fused-ring (bicyclic) bond motifs is 1. The average molecular weight is 281 g/mol. The van der Waals surface area contributed by atoms with E-state index in [2.05, 4.69) is 30.2 Å². The second kappa shape index (κ2) is 6.53. The molecule has 0 aliphatic carbocycles. The molecule has 0 fully saturated rings. The normalized spacial score (nSPS) is 20.9. The monoisotopic (exact) mass is 281 g/mol. The first kappa shape index (κ1) is 14.5. The lowest BCUT2D eigenvalue weighted by atomic mass is 9.97. The molecule has 0 N–H and O–H groups in total. The molecule has 0 bridgehead atoms. The summed E-state index contributed by atoms with van der Waals surface area (Å²) in [5, 5.41) is 2.16. The molecule has 106 valence electrons. The van der Waals surface area contributed by atoms with E-state index >= 15 is 0 Å². The molecule has 19 heavy (non-hydrogen) atoms. The van der Waals surface area contributed by atoms with Gasteiger partial charge in [-0.1, -0.05) is 13.3 Å². The molecular formula is C15H23NO2S. The Balaban J connectivity index is 2.16. The summed E-state index contributed by atoms with van der Waals surface area (Å²) >= 11 is 1.83. The SMILES string of the molecule is CCCC(C(=O)OCC)N1CCc2sccc2C1C. The first-order valence-electron chi connectivity index (χ1n) is 7.17.